The molecule has 0 spiro atoms. The minimum absolute atomic E-state index is 0.0168. The highest BCUT2D eigenvalue weighted by molar-refractivity contribution is 9.10. The Morgan fingerprint density at radius 1 is 1.33 bits per heavy atom. The van der Waals surface area contributed by atoms with E-state index >= 15 is 0 Å². The number of carbonyl (C=O) groups is 1. The minimum Gasteiger partial charge on any atom is -0.321 e. The Hall–Kier alpha value is -1.46. The Morgan fingerprint density at radius 3 is 2.72 bits per heavy atom. The summed E-state index contributed by atoms with van der Waals surface area (Å²) in [5.41, 5.74) is 0.721. The van der Waals surface area contributed by atoms with Crippen LogP contribution in [0.2, 0.25) is 5.02 Å². The second-order valence-corrected chi connectivity index (χ2v) is 4.67. The van der Waals surface area contributed by atoms with Crippen molar-refractivity contribution in [1.29, 1.82) is 0 Å². The molecular formula is C12H7BrClFN2O. The maximum Gasteiger partial charge on any atom is 0.255 e. The van der Waals surface area contributed by atoms with E-state index in [1.165, 1.54) is 18.3 Å². The molecule has 1 N–H and O–H groups in total. The normalized spacial score (nSPS) is 10.2. The Balaban J connectivity index is 2.16. The van der Waals surface area contributed by atoms with Gasteiger partial charge in [-0.1, -0.05) is 11.6 Å². The first-order valence-corrected chi connectivity index (χ1v) is 6.11. The van der Waals surface area contributed by atoms with Crippen molar-refractivity contribution >= 4 is 39.1 Å². The molecule has 0 radical (unpaired) electrons. The molecule has 0 unspecified atom stereocenters. The Kier molecular flexibility index (Phi) is 3.93. The molecule has 0 atom stereocenters. The number of benzene rings is 1. The van der Waals surface area contributed by atoms with Gasteiger partial charge < -0.3 is 5.32 Å². The molecule has 0 fully saturated rings. The van der Waals surface area contributed by atoms with E-state index in [4.69, 9.17) is 11.6 Å². The van der Waals surface area contributed by atoms with Gasteiger partial charge in [0.05, 0.1) is 16.9 Å². The fourth-order valence-electron chi connectivity index (χ4n) is 1.29. The maximum absolute atomic E-state index is 13.2. The molecule has 1 aromatic heterocycles. The van der Waals surface area contributed by atoms with E-state index in [2.05, 4.69) is 26.2 Å². The molecule has 1 aromatic carbocycles. The fourth-order valence-corrected chi connectivity index (χ4v) is 1.64. The average molecular weight is 330 g/mol. The number of carbonyl (C=O) groups excluding carboxylic acids is 1. The smallest absolute Gasteiger partial charge is 0.255 e. The second-order valence-electron chi connectivity index (χ2n) is 3.45. The zero-order valence-corrected chi connectivity index (χ0v) is 11.3. The number of nitrogens with one attached hydrogen (secondary N) is 1. The van der Waals surface area contributed by atoms with Gasteiger partial charge in [0.25, 0.3) is 5.91 Å². The number of anilines is 1. The summed E-state index contributed by atoms with van der Waals surface area (Å²) in [6.45, 7) is 0. The van der Waals surface area contributed by atoms with Crippen molar-refractivity contribution in [1.82, 2.24) is 4.98 Å². The third-order valence-corrected chi connectivity index (χ3v) is 2.94. The summed E-state index contributed by atoms with van der Waals surface area (Å²) in [7, 11) is 0. The molecule has 0 saturated carbocycles. The van der Waals surface area contributed by atoms with Crippen LogP contribution in [0.5, 0.6) is 0 Å². The minimum atomic E-state index is -0.627. The monoisotopic (exact) mass is 328 g/mol. The molecule has 1 amide bonds. The average Bonchev–Trinajstić information content (AvgIpc) is 2.35. The van der Waals surface area contributed by atoms with Crippen molar-refractivity contribution < 1.29 is 9.18 Å². The Labute approximate surface area is 116 Å². The number of hydrogen-bond donors (Lipinski definition) is 1. The Morgan fingerprint density at radius 2 is 2.11 bits per heavy atom. The van der Waals surface area contributed by atoms with Crippen LogP contribution in [0.3, 0.4) is 0 Å². The topological polar surface area (TPSA) is 42.0 Å². The molecule has 3 nitrogen and oxygen atoms in total. The summed E-state index contributed by atoms with van der Waals surface area (Å²) in [4.78, 5) is 15.8. The first kappa shape index (κ1) is 13.0. The summed E-state index contributed by atoms with van der Waals surface area (Å²) in [6, 6.07) is 7.25. The lowest BCUT2D eigenvalue weighted by Crippen LogP contribution is -2.12. The van der Waals surface area contributed by atoms with Gasteiger partial charge in [0.1, 0.15) is 10.4 Å². The van der Waals surface area contributed by atoms with Crippen LogP contribution in [0, 0.1) is 5.82 Å². The first-order valence-electron chi connectivity index (χ1n) is 4.94. The van der Waals surface area contributed by atoms with Crippen LogP contribution >= 0.6 is 27.5 Å². The number of nitrogens with zero attached hydrogens (tertiary/aromatic N) is 1. The molecule has 0 bridgehead atoms. The highest BCUT2D eigenvalue weighted by atomic mass is 79.9. The summed E-state index contributed by atoms with van der Waals surface area (Å²) < 4.78 is 13.9. The molecule has 6 heteroatoms. The van der Waals surface area contributed by atoms with Gasteiger partial charge in [0, 0.05) is 5.56 Å². The lowest BCUT2D eigenvalue weighted by atomic mass is 10.2. The Bertz CT molecular complexity index is 589. The van der Waals surface area contributed by atoms with Crippen molar-refractivity contribution in [2.24, 2.45) is 0 Å². The first-order chi connectivity index (χ1) is 8.56. The quantitative estimate of drug-likeness (QED) is 0.849. The lowest BCUT2D eigenvalue weighted by molar-refractivity contribution is 0.102. The van der Waals surface area contributed by atoms with Gasteiger partial charge in [-0.2, -0.15) is 0 Å². The molecule has 18 heavy (non-hydrogen) atoms. The van der Waals surface area contributed by atoms with Gasteiger partial charge in [-0.15, -0.1) is 0 Å². The SMILES string of the molecule is O=C(Nc1ccc(Br)nc1)c1ccc(Cl)c(F)c1. The van der Waals surface area contributed by atoms with Crippen LogP contribution in [0.4, 0.5) is 10.1 Å². The summed E-state index contributed by atoms with van der Waals surface area (Å²) >= 11 is 8.73. The number of pyridine rings is 1. The number of halogens is 3. The highest BCUT2D eigenvalue weighted by Gasteiger charge is 2.09. The summed E-state index contributed by atoms with van der Waals surface area (Å²) in [6.07, 6.45) is 1.49. The second kappa shape index (κ2) is 5.46. The molecule has 0 aliphatic rings. The molecule has 1 heterocycles. The van der Waals surface area contributed by atoms with Gasteiger partial charge in [-0.3, -0.25) is 4.79 Å². The van der Waals surface area contributed by atoms with Crippen LogP contribution < -0.4 is 5.32 Å². The van der Waals surface area contributed by atoms with E-state index in [9.17, 15) is 9.18 Å². The van der Waals surface area contributed by atoms with Crippen molar-refractivity contribution in [3.05, 3.63) is 57.5 Å². The van der Waals surface area contributed by atoms with Gasteiger partial charge >= 0.3 is 0 Å². The number of rotatable bonds is 2. The van der Waals surface area contributed by atoms with E-state index < -0.39 is 11.7 Å². The van der Waals surface area contributed by atoms with Gasteiger partial charge in [0.2, 0.25) is 0 Å². The maximum atomic E-state index is 13.2. The van der Waals surface area contributed by atoms with E-state index in [-0.39, 0.29) is 10.6 Å². The largest absolute Gasteiger partial charge is 0.321 e. The van der Waals surface area contributed by atoms with Gasteiger partial charge in [0.15, 0.2) is 0 Å². The molecular weight excluding hydrogens is 322 g/mol. The van der Waals surface area contributed by atoms with Gasteiger partial charge in [-0.05, 0) is 46.3 Å². The van der Waals surface area contributed by atoms with Crippen molar-refractivity contribution in [3.8, 4) is 0 Å². The fraction of sp³-hybridized carbons (Fsp3) is 0. The van der Waals surface area contributed by atoms with Crippen LogP contribution in [0.15, 0.2) is 41.1 Å². The van der Waals surface area contributed by atoms with E-state index in [0.717, 1.165) is 6.07 Å². The molecule has 92 valence electrons. The van der Waals surface area contributed by atoms with E-state index in [1.807, 2.05) is 0 Å². The zero-order valence-electron chi connectivity index (χ0n) is 8.95. The third kappa shape index (κ3) is 3.05. The number of aromatic nitrogens is 1. The standard InChI is InChI=1S/C12H7BrClFN2O/c13-11-4-2-8(6-16-11)17-12(18)7-1-3-9(14)10(15)5-7/h1-6H,(H,17,18). The van der Waals surface area contributed by atoms with Crippen LogP contribution in [-0.4, -0.2) is 10.9 Å². The molecule has 0 saturated heterocycles. The van der Waals surface area contributed by atoms with Crippen LogP contribution in [0.1, 0.15) is 10.4 Å². The van der Waals surface area contributed by atoms with Crippen molar-refractivity contribution in [2.45, 2.75) is 0 Å². The third-order valence-electron chi connectivity index (χ3n) is 2.17. The highest BCUT2D eigenvalue weighted by Crippen LogP contribution is 2.17. The van der Waals surface area contributed by atoms with Crippen molar-refractivity contribution in [3.63, 3.8) is 0 Å². The lowest BCUT2D eigenvalue weighted by Gasteiger charge is -2.05. The van der Waals surface area contributed by atoms with Gasteiger partial charge in [-0.25, -0.2) is 9.37 Å². The molecule has 2 rings (SSSR count). The molecule has 2 aromatic rings. The number of hydrogen-bond acceptors (Lipinski definition) is 2. The number of amides is 1. The predicted octanol–water partition coefficient (Wildman–Crippen LogP) is 3.89. The van der Waals surface area contributed by atoms with E-state index in [0.29, 0.717) is 10.3 Å². The molecule has 0 aliphatic heterocycles. The van der Waals surface area contributed by atoms with Crippen molar-refractivity contribution in [2.75, 3.05) is 5.32 Å². The summed E-state index contributed by atoms with van der Waals surface area (Å²) in [5, 5.41) is 2.58. The summed E-state index contributed by atoms with van der Waals surface area (Å²) in [5.74, 6) is -1.05. The van der Waals surface area contributed by atoms with Crippen LogP contribution in [0.25, 0.3) is 0 Å². The molecule has 0 aliphatic carbocycles. The zero-order chi connectivity index (χ0) is 13.1. The van der Waals surface area contributed by atoms with Crippen LogP contribution in [-0.2, 0) is 0 Å². The predicted molar refractivity (Wildman–Crippen MR) is 71.3 cm³/mol. The van der Waals surface area contributed by atoms with E-state index in [1.54, 1.807) is 12.1 Å².